The standard InChI is InChI=1S/C14H19N3O4S/c1-10(18)15-11-5-7-13(8-6-11)17(22(2,20)21)9-14(19)16-12-3-4-12/h5-8,12H,3-4,9H2,1-2H3,(H,15,18)(H,16,19). The van der Waals surface area contributed by atoms with Crippen LogP contribution < -0.4 is 14.9 Å². The largest absolute Gasteiger partial charge is 0.352 e. The van der Waals surface area contributed by atoms with Crippen LogP contribution in [0.3, 0.4) is 0 Å². The number of anilines is 2. The fourth-order valence-corrected chi connectivity index (χ4v) is 2.80. The van der Waals surface area contributed by atoms with Crippen molar-refractivity contribution in [3.63, 3.8) is 0 Å². The lowest BCUT2D eigenvalue weighted by Gasteiger charge is -2.22. The molecule has 0 heterocycles. The van der Waals surface area contributed by atoms with Crippen LogP contribution in [0.1, 0.15) is 19.8 Å². The Labute approximate surface area is 129 Å². The summed E-state index contributed by atoms with van der Waals surface area (Å²) in [6.07, 6.45) is 2.94. The number of sulfonamides is 1. The summed E-state index contributed by atoms with van der Waals surface area (Å²) < 4.78 is 24.9. The zero-order valence-electron chi connectivity index (χ0n) is 12.5. The molecule has 1 saturated carbocycles. The molecule has 2 amide bonds. The molecule has 0 aliphatic heterocycles. The zero-order valence-corrected chi connectivity index (χ0v) is 13.3. The van der Waals surface area contributed by atoms with Gasteiger partial charge in [-0.25, -0.2) is 8.42 Å². The molecule has 1 aliphatic carbocycles. The van der Waals surface area contributed by atoms with E-state index >= 15 is 0 Å². The smallest absolute Gasteiger partial charge is 0.240 e. The van der Waals surface area contributed by atoms with Crippen LogP contribution in [0.25, 0.3) is 0 Å². The Morgan fingerprint density at radius 3 is 2.27 bits per heavy atom. The van der Waals surface area contributed by atoms with Gasteiger partial charge in [-0.3, -0.25) is 13.9 Å². The average Bonchev–Trinajstić information content (AvgIpc) is 3.19. The highest BCUT2D eigenvalue weighted by molar-refractivity contribution is 7.92. The maximum absolute atomic E-state index is 11.9. The molecule has 2 rings (SSSR count). The number of carbonyl (C=O) groups excluding carboxylic acids is 2. The quantitative estimate of drug-likeness (QED) is 0.804. The lowest BCUT2D eigenvalue weighted by molar-refractivity contribution is -0.119. The van der Waals surface area contributed by atoms with Gasteiger partial charge in [0.25, 0.3) is 0 Å². The summed E-state index contributed by atoms with van der Waals surface area (Å²) in [6, 6.07) is 6.46. The normalized spacial score (nSPS) is 14.3. The van der Waals surface area contributed by atoms with E-state index in [0.717, 1.165) is 23.4 Å². The molecule has 8 heteroatoms. The van der Waals surface area contributed by atoms with Crippen LogP contribution in [-0.2, 0) is 19.6 Å². The Kier molecular flexibility index (Phi) is 4.70. The molecule has 0 aromatic heterocycles. The Morgan fingerprint density at radius 1 is 1.23 bits per heavy atom. The van der Waals surface area contributed by atoms with Crippen LogP contribution in [0.4, 0.5) is 11.4 Å². The summed E-state index contributed by atoms with van der Waals surface area (Å²) in [6.45, 7) is 1.13. The van der Waals surface area contributed by atoms with Crippen molar-refractivity contribution in [3.8, 4) is 0 Å². The average molecular weight is 325 g/mol. The number of amides is 2. The Hall–Kier alpha value is -2.09. The minimum Gasteiger partial charge on any atom is -0.352 e. The van der Waals surface area contributed by atoms with Crippen LogP contribution in [0, 0.1) is 0 Å². The molecule has 0 atom stereocenters. The van der Waals surface area contributed by atoms with Gasteiger partial charge < -0.3 is 10.6 Å². The minimum atomic E-state index is -3.58. The molecule has 0 bridgehead atoms. The molecule has 22 heavy (non-hydrogen) atoms. The number of nitrogens with zero attached hydrogens (tertiary/aromatic N) is 1. The molecule has 2 N–H and O–H groups in total. The highest BCUT2D eigenvalue weighted by atomic mass is 32.2. The predicted octanol–water partition coefficient (Wildman–Crippen LogP) is 0.690. The summed E-state index contributed by atoms with van der Waals surface area (Å²) in [5.74, 6) is -0.532. The number of hydrogen-bond donors (Lipinski definition) is 2. The molecule has 1 aliphatic rings. The lowest BCUT2D eigenvalue weighted by atomic mass is 10.2. The van der Waals surface area contributed by atoms with Crippen molar-refractivity contribution in [3.05, 3.63) is 24.3 Å². The second kappa shape index (κ2) is 6.35. The van der Waals surface area contributed by atoms with Gasteiger partial charge >= 0.3 is 0 Å². The second-order valence-electron chi connectivity index (χ2n) is 5.34. The summed E-state index contributed by atoms with van der Waals surface area (Å²) in [5, 5.41) is 5.36. The SMILES string of the molecule is CC(=O)Nc1ccc(N(CC(=O)NC2CC2)S(C)(=O)=O)cc1. The third-order valence-electron chi connectivity index (χ3n) is 3.11. The first-order valence-corrected chi connectivity index (χ1v) is 8.75. The van der Waals surface area contributed by atoms with Gasteiger partial charge in [0.1, 0.15) is 6.54 Å². The van der Waals surface area contributed by atoms with Gasteiger partial charge in [0.2, 0.25) is 21.8 Å². The summed E-state index contributed by atoms with van der Waals surface area (Å²) in [7, 11) is -3.58. The van der Waals surface area contributed by atoms with E-state index < -0.39 is 10.0 Å². The van der Waals surface area contributed by atoms with E-state index in [1.807, 2.05) is 0 Å². The highest BCUT2D eigenvalue weighted by Crippen LogP contribution is 2.21. The number of nitrogens with one attached hydrogen (secondary N) is 2. The molecule has 120 valence electrons. The topological polar surface area (TPSA) is 95.6 Å². The Morgan fingerprint density at radius 2 is 1.82 bits per heavy atom. The fraction of sp³-hybridized carbons (Fsp3) is 0.429. The van der Waals surface area contributed by atoms with Gasteiger partial charge in [-0.15, -0.1) is 0 Å². The zero-order chi connectivity index (χ0) is 16.3. The summed E-state index contributed by atoms with van der Waals surface area (Å²) >= 11 is 0. The molecule has 0 saturated heterocycles. The minimum absolute atomic E-state index is 0.177. The van der Waals surface area contributed by atoms with Crippen molar-refractivity contribution < 1.29 is 18.0 Å². The van der Waals surface area contributed by atoms with Crippen LogP contribution in [0.2, 0.25) is 0 Å². The van der Waals surface area contributed by atoms with Crippen LogP contribution >= 0.6 is 0 Å². The second-order valence-corrected chi connectivity index (χ2v) is 7.25. The van der Waals surface area contributed by atoms with Crippen molar-refractivity contribution in [1.29, 1.82) is 0 Å². The molecular weight excluding hydrogens is 306 g/mol. The molecule has 1 aromatic rings. The van der Waals surface area contributed by atoms with Gasteiger partial charge in [-0.05, 0) is 37.1 Å². The monoisotopic (exact) mass is 325 g/mol. The third kappa shape index (κ3) is 4.73. The first-order chi connectivity index (χ1) is 10.3. The lowest BCUT2D eigenvalue weighted by Crippen LogP contribution is -2.41. The molecule has 0 unspecified atom stereocenters. The van der Waals surface area contributed by atoms with E-state index in [9.17, 15) is 18.0 Å². The van der Waals surface area contributed by atoms with Gasteiger partial charge in [-0.1, -0.05) is 0 Å². The van der Waals surface area contributed by atoms with Crippen molar-refractivity contribution >= 4 is 33.2 Å². The molecule has 0 spiro atoms. The maximum Gasteiger partial charge on any atom is 0.240 e. The molecule has 1 fully saturated rings. The van der Waals surface area contributed by atoms with E-state index in [4.69, 9.17) is 0 Å². The van der Waals surface area contributed by atoms with Crippen molar-refractivity contribution in [2.75, 3.05) is 22.4 Å². The van der Waals surface area contributed by atoms with E-state index in [-0.39, 0.29) is 24.4 Å². The van der Waals surface area contributed by atoms with Crippen molar-refractivity contribution in [2.24, 2.45) is 0 Å². The van der Waals surface area contributed by atoms with Gasteiger partial charge in [0.15, 0.2) is 0 Å². The number of hydrogen-bond acceptors (Lipinski definition) is 4. The molecule has 1 aromatic carbocycles. The van der Waals surface area contributed by atoms with E-state index in [0.29, 0.717) is 11.4 Å². The molecule has 0 radical (unpaired) electrons. The first-order valence-electron chi connectivity index (χ1n) is 6.90. The van der Waals surface area contributed by atoms with Crippen LogP contribution in [-0.4, -0.2) is 39.1 Å². The van der Waals surface area contributed by atoms with Gasteiger partial charge in [0, 0.05) is 18.7 Å². The van der Waals surface area contributed by atoms with E-state index in [2.05, 4.69) is 10.6 Å². The fourth-order valence-electron chi connectivity index (χ4n) is 1.95. The van der Waals surface area contributed by atoms with E-state index in [1.54, 1.807) is 24.3 Å². The van der Waals surface area contributed by atoms with Crippen molar-refractivity contribution in [2.45, 2.75) is 25.8 Å². The third-order valence-corrected chi connectivity index (χ3v) is 4.25. The summed E-state index contributed by atoms with van der Waals surface area (Å²) in [4.78, 5) is 22.8. The highest BCUT2D eigenvalue weighted by Gasteiger charge is 2.26. The van der Waals surface area contributed by atoms with Crippen molar-refractivity contribution in [1.82, 2.24) is 5.32 Å². The predicted molar refractivity (Wildman–Crippen MR) is 84.1 cm³/mol. The Balaban J connectivity index is 2.14. The van der Waals surface area contributed by atoms with Gasteiger partial charge in [0.05, 0.1) is 11.9 Å². The van der Waals surface area contributed by atoms with E-state index in [1.165, 1.54) is 6.92 Å². The number of rotatable bonds is 6. The molecule has 7 nitrogen and oxygen atoms in total. The molecular formula is C14H19N3O4S. The Bertz CT molecular complexity index is 666. The maximum atomic E-state index is 11.9. The van der Waals surface area contributed by atoms with Crippen LogP contribution in [0.5, 0.6) is 0 Å². The summed E-state index contributed by atoms with van der Waals surface area (Å²) in [5.41, 5.74) is 0.940. The van der Waals surface area contributed by atoms with Gasteiger partial charge in [-0.2, -0.15) is 0 Å². The first kappa shape index (κ1) is 16.3. The number of carbonyl (C=O) groups is 2. The van der Waals surface area contributed by atoms with Crippen LogP contribution in [0.15, 0.2) is 24.3 Å². The number of benzene rings is 1.